The van der Waals surface area contributed by atoms with Gasteiger partial charge in [-0.25, -0.2) is 23.5 Å². The first kappa shape index (κ1) is 23.0. The number of hydrogen-bond donors (Lipinski definition) is 3. The molecule has 0 aliphatic heterocycles. The van der Waals surface area contributed by atoms with Gasteiger partial charge in [-0.15, -0.1) is 0 Å². The maximum Gasteiger partial charge on any atom is 0.238 e. The SMILES string of the molecule is NS(=O)(=O)c1cccc(NC(=O)CSc2nc(Nc3ccccc3Cl)c3ccccc3n2)c1. The molecule has 4 N–H and O–H groups in total. The normalized spacial score (nSPS) is 11.3. The van der Waals surface area contributed by atoms with E-state index in [2.05, 4.69) is 20.6 Å². The highest BCUT2D eigenvalue weighted by atomic mass is 35.5. The minimum Gasteiger partial charge on any atom is -0.338 e. The van der Waals surface area contributed by atoms with Crippen molar-refractivity contribution in [3.05, 3.63) is 77.8 Å². The lowest BCUT2D eigenvalue weighted by Crippen LogP contribution is -2.16. The van der Waals surface area contributed by atoms with Gasteiger partial charge in [0.15, 0.2) is 5.16 Å². The van der Waals surface area contributed by atoms with Crippen LogP contribution in [0.1, 0.15) is 0 Å². The molecule has 0 saturated carbocycles. The molecule has 168 valence electrons. The summed E-state index contributed by atoms with van der Waals surface area (Å²) in [4.78, 5) is 21.4. The number of anilines is 3. The van der Waals surface area contributed by atoms with Gasteiger partial charge in [-0.3, -0.25) is 4.79 Å². The predicted molar refractivity (Wildman–Crippen MR) is 131 cm³/mol. The topological polar surface area (TPSA) is 127 Å². The Morgan fingerprint density at radius 1 is 1.00 bits per heavy atom. The average Bonchev–Trinajstić information content (AvgIpc) is 2.79. The zero-order valence-corrected chi connectivity index (χ0v) is 19.4. The molecule has 1 aromatic heterocycles. The molecule has 0 bridgehead atoms. The van der Waals surface area contributed by atoms with Gasteiger partial charge in [0, 0.05) is 11.1 Å². The van der Waals surface area contributed by atoms with Crippen LogP contribution in [0.2, 0.25) is 5.02 Å². The summed E-state index contributed by atoms with van der Waals surface area (Å²) >= 11 is 7.43. The molecule has 0 fully saturated rings. The Kier molecular flexibility index (Phi) is 6.80. The molecular formula is C22H18ClN5O3S2. The van der Waals surface area contributed by atoms with Crippen LogP contribution in [0.25, 0.3) is 10.9 Å². The lowest BCUT2D eigenvalue weighted by atomic mass is 10.2. The van der Waals surface area contributed by atoms with Gasteiger partial charge in [0.25, 0.3) is 0 Å². The van der Waals surface area contributed by atoms with E-state index in [4.69, 9.17) is 16.7 Å². The van der Waals surface area contributed by atoms with E-state index >= 15 is 0 Å². The highest BCUT2D eigenvalue weighted by Crippen LogP contribution is 2.30. The largest absolute Gasteiger partial charge is 0.338 e. The van der Waals surface area contributed by atoms with Gasteiger partial charge in [-0.05, 0) is 42.5 Å². The van der Waals surface area contributed by atoms with Crippen LogP contribution in [0.15, 0.2) is 82.8 Å². The van der Waals surface area contributed by atoms with Gasteiger partial charge < -0.3 is 10.6 Å². The van der Waals surface area contributed by atoms with Crippen molar-refractivity contribution in [3.63, 3.8) is 0 Å². The summed E-state index contributed by atoms with van der Waals surface area (Å²) in [5, 5.41) is 12.8. The predicted octanol–water partition coefficient (Wildman–Crippen LogP) is 4.41. The number of thioether (sulfide) groups is 1. The molecule has 11 heteroatoms. The van der Waals surface area contributed by atoms with Crippen molar-refractivity contribution >= 4 is 67.4 Å². The molecule has 33 heavy (non-hydrogen) atoms. The number of benzene rings is 3. The highest BCUT2D eigenvalue weighted by molar-refractivity contribution is 7.99. The van der Waals surface area contributed by atoms with Crippen LogP contribution < -0.4 is 15.8 Å². The molecule has 0 radical (unpaired) electrons. The van der Waals surface area contributed by atoms with E-state index in [0.29, 0.717) is 32.9 Å². The second-order valence-electron chi connectivity index (χ2n) is 6.89. The van der Waals surface area contributed by atoms with Gasteiger partial charge in [0.2, 0.25) is 15.9 Å². The smallest absolute Gasteiger partial charge is 0.238 e. The van der Waals surface area contributed by atoms with Crippen molar-refractivity contribution in [2.75, 3.05) is 16.4 Å². The monoisotopic (exact) mass is 499 g/mol. The molecule has 8 nitrogen and oxygen atoms in total. The van der Waals surface area contributed by atoms with Crippen LogP contribution in [0.4, 0.5) is 17.2 Å². The van der Waals surface area contributed by atoms with Gasteiger partial charge in [0.05, 0.1) is 26.9 Å². The third-order valence-corrected chi connectivity index (χ3v) is 6.58. The number of hydrogen-bond acceptors (Lipinski definition) is 7. The quantitative estimate of drug-likeness (QED) is 0.254. The molecule has 0 aliphatic carbocycles. The number of halogens is 1. The summed E-state index contributed by atoms with van der Waals surface area (Å²) in [5.74, 6) is 0.241. The summed E-state index contributed by atoms with van der Waals surface area (Å²) in [5.41, 5.74) is 1.74. The molecule has 0 unspecified atom stereocenters. The first-order valence-electron chi connectivity index (χ1n) is 9.63. The molecule has 3 aromatic carbocycles. The lowest BCUT2D eigenvalue weighted by Gasteiger charge is -2.12. The highest BCUT2D eigenvalue weighted by Gasteiger charge is 2.13. The van der Waals surface area contributed by atoms with Crippen LogP contribution in [0.3, 0.4) is 0 Å². The Hall–Kier alpha value is -3.18. The summed E-state index contributed by atoms with van der Waals surface area (Å²) < 4.78 is 23.0. The summed E-state index contributed by atoms with van der Waals surface area (Å²) in [6.07, 6.45) is 0. The Balaban J connectivity index is 1.52. The van der Waals surface area contributed by atoms with Crippen LogP contribution in [-0.4, -0.2) is 30.0 Å². The van der Waals surface area contributed by atoms with Crippen molar-refractivity contribution < 1.29 is 13.2 Å². The molecule has 0 aliphatic rings. The van der Waals surface area contributed by atoms with Crippen LogP contribution in [-0.2, 0) is 14.8 Å². The number of rotatable bonds is 7. The second-order valence-corrected chi connectivity index (χ2v) is 9.80. The lowest BCUT2D eigenvalue weighted by molar-refractivity contribution is -0.113. The van der Waals surface area contributed by atoms with Crippen molar-refractivity contribution in [1.29, 1.82) is 0 Å². The van der Waals surface area contributed by atoms with Gasteiger partial charge in [0.1, 0.15) is 5.82 Å². The standard InChI is InChI=1S/C22H18ClN5O3S2/c23-17-9-2-4-11-19(17)26-21-16-8-1-3-10-18(16)27-22(28-21)32-13-20(29)25-14-6-5-7-15(12-14)33(24,30)31/h1-12H,13H2,(H,25,29)(H2,24,30,31)(H,26,27,28). The van der Waals surface area contributed by atoms with Gasteiger partial charge in [-0.2, -0.15) is 0 Å². The summed E-state index contributed by atoms with van der Waals surface area (Å²) in [6, 6.07) is 20.6. The van der Waals surface area contributed by atoms with Crippen LogP contribution in [0.5, 0.6) is 0 Å². The fourth-order valence-corrected chi connectivity index (χ4v) is 4.38. The number of nitrogens with zero attached hydrogens (tertiary/aromatic N) is 2. The summed E-state index contributed by atoms with van der Waals surface area (Å²) in [6.45, 7) is 0. The molecule has 4 rings (SSSR count). The third kappa shape index (κ3) is 5.79. The molecular weight excluding hydrogens is 482 g/mol. The van der Waals surface area contributed by atoms with E-state index in [0.717, 1.165) is 17.1 Å². The van der Waals surface area contributed by atoms with E-state index in [1.165, 1.54) is 18.2 Å². The third-order valence-electron chi connectivity index (χ3n) is 4.49. The Morgan fingerprint density at radius 2 is 1.76 bits per heavy atom. The first-order valence-corrected chi connectivity index (χ1v) is 12.5. The van der Waals surface area contributed by atoms with Gasteiger partial charge >= 0.3 is 0 Å². The van der Waals surface area contributed by atoms with Crippen molar-refractivity contribution in [1.82, 2.24) is 9.97 Å². The number of carbonyl (C=O) groups excluding carboxylic acids is 1. The average molecular weight is 500 g/mol. The Bertz CT molecular complexity index is 1450. The number of sulfonamides is 1. The molecule has 4 aromatic rings. The maximum atomic E-state index is 12.4. The van der Waals surface area contributed by atoms with E-state index in [-0.39, 0.29) is 16.6 Å². The molecule has 0 spiro atoms. The second kappa shape index (κ2) is 9.75. The van der Waals surface area contributed by atoms with E-state index in [9.17, 15) is 13.2 Å². The molecule has 0 saturated heterocycles. The van der Waals surface area contributed by atoms with Crippen molar-refractivity contribution in [3.8, 4) is 0 Å². The zero-order valence-electron chi connectivity index (χ0n) is 17.0. The number of para-hydroxylation sites is 2. The number of carbonyl (C=O) groups is 1. The van der Waals surface area contributed by atoms with Gasteiger partial charge in [-0.1, -0.05) is 53.7 Å². The van der Waals surface area contributed by atoms with Crippen molar-refractivity contribution in [2.45, 2.75) is 10.1 Å². The fraction of sp³-hybridized carbons (Fsp3) is 0.0455. The number of aromatic nitrogens is 2. The minimum absolute atomic E-state index is 0.0173. The molecule has 1 heterocycles. The minimum atomic E-state index is -3.86. The fourth-order valence-electron chi connectivity index (χ4n) is 2.98. The maximum absolute atomic E-state index is 12.4. The number of nitrogens with two attached hydrogens (primary N) is 1. The molecule has 1 amide bonds. The Morgan fingerprint density at radius 3 is 2.55 bits per heavy atom. The molecule has 0 atom stereocenters. The number of primary sulfonamides is 1. The van der Waals surface area contributed by atoms with Crippen LogP contribution in [0, 0.1) is 0 Å². The first-order chi connectivity index (χ1) is 15.8. The summed E-state index contributed by atoms with van der Waals surface area (Å²) in [7, 11) is -3.86. The van der Waals surface area contributed by atoms with Crippen LogP contribution >= 0.6 is 23.4 Å². The number of nitrogens with one attached hydrogen (secondary N) is 2. The number of fused-ring (bicyclic) bond motifs is 1. The van der Waals surface area contributed by atoms with Crippen molar-refractivity contribution in [2.24, 2.45) is 5.14 Å². The van der Waals surface area contributed by atoms with E-state index in [1.807, 2.05) is 42.5 Å². The number of amides is 1. The van der Waals surface area contributed by atoms with E-state index in [1.54, 1.807) is 12.1 Å². The van der Waals surface area contributed by atoms with E-state index < -0.39 is 10.0 Å². The zero-order chi connectivity index (χ0) is 23.4. The Labute approximate surface area is 199 Å².